The van der Waals surface area contributed by atoms with E-state index in [4.69, 9.17) is 18.3 Å². The van der Waals surface area contributed by atoms with Crippen LogP contribution in [0.3, 0.4) is 0 Å². The average molecular weight is 208 g/mol. The third kappa shape index (κ3) is 12.1. The molecule has 0 atom stereocenters. The van der Waals surface area contributed by atoms with Crippen LogP contribution in [0, 0.1) is 0 Å². The van der Waals surface area contributed by atoms with Crippen molar-refractivity contribution in [3.8, 4) is 0 Å². The summed E-state index contributed by atoms with van der Waals surface area (Å²) >= 11 is 0. The lowest BCUT2D eigenvalue weighted by molar-refractivity contribution is 0.0831. The fourth-order valence-electron chi connectivity index (χ4n) is 0.701. The number of ether oxygens (including phenoxy) is 2. The molecule has 5 heteroatoms. The summed E-state index contributed by atoms with van der Waals surface area (Å²) in [5, 5.41) is 0. The molecule has 13 heavy (non-hydrogen) atoms. The minimum Gasteiger partial charge on any atom is -0.396 e. The maximum absolute atomic E-state index is 5.25. The van der Waals surface area contributed by atoms with Gasteiger partial charge in [0.2, 0.25) is 0 Å². The molecule has 0 spiro atoms. The molecular formula is C8H20O4Si. The summed E-state index contributed by atoms with van der Waals surface area (Å²) < 4.78 is 20.7. The lowest BCUT2D eigenvalue weighted by atomic mass is 10.8. The molecular weight excluding hydrogens is 188 g/mol. The Labute approximate surface area is 82.6 Å². The smallest absolute Gasteiger partial charge is 0.304 e. The van der Waals surface area contributed by atoms with Crippen LogP contribution in [0.1, 0.15) is 13.8 Å². The molecule has 0 amide bonds. The first kappa shape index (κ1) is 13.1. The van der Waals surface area contributed by atoms with E-state index in [0.29, 0.717) is 26.4 Å². The highest BCUT2D eigenvalue weighted by molar-refractivity contribution is 6.17. The third-order valence-corrected chi connectivity index (χ3v) is 2.23. The standard InChI is InChI=1S/C8H20O4Si/c1-3-9-5-7-11-13-12-8-6-10-4-2/h3-8,13H2,1-2H3. The highest BCUT2D eigenvalue weighted by Gasteiger charge is 1.90. The fourth-order valence-corrected chi connectivity index (χ4v) is 1.29. The van der Waals surface area contributed by atoms with Gasteiger partial charge in [0.15, 0.2) is 0 Å². The monoisotopic (exact) mass is 208 g/mol. The van der Waals surface area contributed by atoms with E-state index in [2.05, 4.69) is 0 Å². The Kier molecular flexibility index (Phi) is 12.1. The summed E-state index contributed by atoms with van der Waals surface area (Å²) in [6.45, 7) is 8.05. The third-order valence-electron chi connectivity index (χ3n) is 1.32. The number of rotatable bonds is 10. The molecule has 80 valence electrons. The summed E-state index contributed by atoms with van der Waals surface area (Å²) in [6, 6.07) is 0. The quantitative estimate of drug-likeness (QED) is 0.377. The zero-order valence-electron chi connectivity index (χ0n) is 8.58. The normalized spacial score (nSPS) is 10.6. The molecule has 0 aliphatic rings. The van der Waals surface area contributed by atoms with Gasteiger partial charge in [-0.1, -0.05) is 0 Å². The van der Waals surface area contributed by atoms with Crippen LogP contribution in [-0.2, 0) is 18.3 Å². The van der Waals surface area contributed by atoms with Gasteiger partial charge in [0.05, 0.1) is 26.4 Å². The van der Waals surface area contributed by atoms with Crippen molar-refractivity contribution < 1.29 is 18.3 Å². The van der Waals surface area contributed by atoms with Crippen molar-refractivity contribution in [1.29, 1.82) is 0 Å². The summed E-state index contributed by atoms with van der Waals surface area (Å²) in [6.07, 6.45) is 0. The van der Waals surface area contributed by atoms with E-state index in [1.54, 1.807) is 0 Å². The summed E-state index contributed by atoms with van der Waals surface area (Å²) in [5.74, 6) is 0. The zero-order chi connectivity index (χ0) is 9.78. The Morgan fingerprint density at radius 3 is 1.62 bits per heavy atom. The summed E-state index contributed by atoms with van der Waals surface area (Å²) in [5.41, 5.74) is 0. The maximum Gasteiger partial charge on any atom is 0.304 e. The van der Waals surface area contributed by atoms with Crippen LogP contribution in [0.4, 0.5) is 0 Å². The van der Waals surface area contributed by atoms with Crippen molar-refractivity contribution in [3.05, 3.63) is 0 Å². The SMILES string of the molecule is CCOCCO[SiH2]OCCOCC. The second kappa shape index (κ2) is 12.1. The van der Waals surface area contributed by atoms with E-state index in [1.165, 1.54) is 0 Å². The molecule has 0 aromatic carbocycles. The van der Waals surface area contributed by atoms with Gasteiger partial charge in [0.25, 0.3) is 0 Å². The first-order valence-corrected chi connectivity index (χ1v) is 5.88. The maximum atomic E-state index is 5.25. The Balaban J connectivity index is 2.76. The minimum atomic E-state index is -0.805. The van der Waals surface area contributed by atoms with Crippen molar-refractivity contribution in [2.24, 2.45) is 0 Å². The number of hydrogen-bond donors (Lipinski definition) is 0. The Bertz CT molecular complexity index is 82.2. The highest BCUT2D eigenvalue weighted by atomic mass is 28.3. The Hall–Kier alpha value is 0.0569. The largest absolute Gasteiger partial charge is 0.396 e. The van der Waals surface area contributed by atoms with Crippen LogP contribution >= 0.6 is 0 Å². The van der Waals surface area contributed by atoms with Crippen molar-refractivity contribution in [2.45, 2.75) is 13.8 Å². The molecule has 0 aromatic rings. The van der Waals surface area contributed by atoms with Crippen LogP contribution in [0.25, 0.3) is 0 Å². The second-order valence-corrected chi connectivity index (χ2v) is 3.38. The van der Waals surface area contributed by atoms with Gasteiger partial charge in [-0.2, -0.15) is 0 Å². The van der Waals surface area contributed by atoms with Crippen molar-refractivity contribution in [2.75, 3.05) is 39.6 Å². The summed E-state index contributed by atoms with van der Waals surface area (Å²) in [7, 11) is -0.805. The van der Waals surface area contributed by atoms with Crippen molar-refractivity contribution >= 4 is 10.0 Å². The van der Waals surface area contributed by atoms with E-state index in [9.17, 15) is 0 Å². The predicted octanol–water partition coefficient (Wildman–Crippen LogP) is 0.0914. The molecule has 0 fully saturated rings. The molecule has 0 unspecified atom stereocenters. The topological polar surface area (TPSA) is 36.9 Å². The molecule has 0 aromatic heterocycles. The van der Waals surface area contributed by atoms with E-state index >= 15 is 0 Å². The second-order valence-electron chi connectivity index (χ2n) is 2.33. The first-order chi connectivity index (χ1) is 6.41. The van der Waals surface area contributed by atoms with Gasteiger partial charge in [-0.3, -0.25) is 0 Å². The van der Waals surface area contributed by atoms with Crippen LogP contribution in [0.5, 0.6) is 0 Å². The van der Waals surface area contributed by atoms with Crippen LogP contribution in [0.15, 0.2) is 0 Å². The molecule has 0 N–H and O–H groups in total. The minimum absolute atomic E-state index is 0.648. The molecule has 0 saturated carbocycles. The average Bonchev–Trinajstić information content (AvgIpc) is 2.16. The molecule has 0 bridgehead atoms. The molecule has 0 heterocycles. The van der Waals surface area contributed by atoms with E-state index in [1.807, 2.05) is 13.8 Å². The molecule has 0 saturated heterocycles. The lowest BCUT2D eigenvalue weighted by Gasteiger charge is -2.05. The summed E-state index contributed by atoms with van der Waals surface area (Å²) in [4.78, 5) is 0. The van der Waals surface area contributed by atoms with Crippen LogP contribution in [0.2, 0.25) is 0 Å². The highest BCUT2D eigenvalue weighted by Crippen LogP contribution is 1.79. The molecule has 0 radical (unpaired) electrons. The fraction of sp³-hybridized carbons (Fsp3) is 1.00. The van der Waals surface area contributed by atoms with Gasteiger partial charge >= 0.3 is 10.0 Å². The molecule has 0 rings (SSSR count). The van der Waals surface area contributed by atoms with Gasteiger partial charge in [-0.05, 0) is 13.8 Å². The molecule has 0 aliphatic carbocycles. The van der Waals surface area contributed by atoms with Gasteiger partial charge in [-0.25, -0.2) is 0 Å². The van der Waals surface area contributed by atoms with Crippen LogP contribution in [-0.4, -0.2) is 49.6 Å². The van der Waals surface area contributed by atoms with E-state index in [0.717, 1.165) is 13.2 Å². The molecule has 0 aliphatic heterocycles. The van der Waals surface area contributed by atoms with Crippen molar-refractivity contribution in [1.82, 2.24) is 0 Å². The Morgan fingerprint density at radius 2 is 1.23 bits per heavy atom. The Morgan fingerprint density at radius 1 is 0.769 bits per heavy atom. The van der Waals surface area contributed by atoms with Gasteiger partial charge in [0, 0.05) is 13.2 Å². The van der Waals surface area contributed by atoms with Crippen LogP contribution < -0.4 is 0 Å². The van der Waals surface area contributed by atoms with E-state index in [-0.39, 0.29) is 0 Å². The lowest BCUT2D eigenvalue weighted by Crippen LogP contribution is -2.13. The molecule has 4 nitrogen and oxygen atoms in total. The van der Waals surface area contributed by atoms with E-state index < -0.39 is 10.0 Å². The first-order valence-electron chi connectivity index (χ1n) is 4.72. The predicted molar refractivity (Wildman–Crippen MR) is 53.4 cm³/mol. The van der Waals surface area contributed by atoms with Gasteiger partial charge in [0.1, 0.15) is 0 Å². The van der Waals surface area contributed by atoms with Gasteiger partial charge < -0.3 is 18.3 Å². The van der Waals surface area contributed by atoms with Gasteiger partial charge in [-0.15, -0.1) is 0 Å². The zero-order valence-corrected chi connectivity index (χ0v) is 10.00. The van der Waals surface area contributed by atoms with Crippen molar-refractivity contribution in [3.63, 3.8) is 0 Å². The number of hydrogen-bond acceptors (Lipinski definition) is 4.